The van der Waals surface area contributed by atoms with Gasteiger partial charge < -0.3 is 224 Å². The zero-order chi connectivity index (χ0) is 81.8. The van der Waals surface area contributed by atoms with Gasteiger partial charge in [-0.25, -0.2) is 0 Å². The molecule has 111 heavy (non-hydrogen) atoms. The minimum Gasteiger partial charge on any atom is -0.394 e. The third-order valence-corrected chi connectivity index (χ3v) is 20.3. The molecule has 9 aliphatic heterocycles. The van der Waals surface area contributed by atoms with E-state index in [2.05, 4.69) is 21.3 Å². The molecule has 0 saturated carbocycles. The SMILES string of the molecule is CC(=O)N[C@@H]1[C@@H](O)[C@H](O[C@@H]2O[C@H](CO)[C@@H](O[C@@H]3O[C@H](CO[C@H]4O[C@H](CO)[C@@H](O)[C@H](O[C@H]5O[C@H](CO)[C@@H](O)[C@H](O)[C@@H]5O)[C@@H]4O)[C@@H](O)[C@H](O[C@H]4O[C@H](CO)[C@@H](O)[C@H](O)[C@@H]4O[C@@H]4O[C@H](CO)[C@@H](O[C@@H]5O[C@H](CO)[C@H](O)[C@H](O)[C@H]5NC(C)=O)[C@H](O[C@@H]5O[C@@H](C)[C@@H](O)[C@@H](O)[C@@H]5O)[C@H]4NC(C)=O)[C@@H]3O)[C@H](O)[C@H]2NC(C)=O)[C@@H](CO)O[C@H]1O. The molecule has 0 aromatic rings. The number of hydrogen-bond donors (Lipinski definition) is 28. The molecule has 9 aliphatic rings. The van der Waals surface area contributed by atoms with Crippen molar-refractivity contribution >= 4 is 23.6 Å². The van der Waals surface area contributed by atoms with E-state index in [1.54, 1.807) is 0 Å². The van der Waals surface area contributed by atoms with Crippen molar-refractivity contribution in [1.82, 2.24) is 21.3 Å². The molecule has 28 N–H and O–H groups in total. The van der Waals surface area contributed by atoms with Crippen molar-refractivity contribution in [2.75, 3.05) is 52.9 Å². The smallest absolute Gasteiger partial charge is 0.217 e. The van der Waals surface area contributed by atoms with Gasteiger partial charge in [0.1, 0.15) is 213 Å². The number of ether oxygens (including phenoxy) is 17. The molecule has 642 valence electrons. The molecule has 45 atom stereocenters. The topological polar surface area (TPSA) is 759 Å². The Morgan fingerprint density at radius 3 is 1.10 bits per heavy atom. The van der Waals surface area contributed by atoms with Crippen LogP contribution in [-0.4, -0.2) is 475 Å². The summed E-state index contributed by atoms with van der Waals surface area (Å²) in [5.74, 6) is -3.58. The first kappa shape index (κ1) is 91.1. The fraction of sp³-hybridized carbons (Fsp3) is 0.935. The number of nitrogens with one attached hydrogen (secondary N) is 4. The van der Waals surface area contributed by atoms with Crippen molar-refractivity contribution in [1.29, 1.82) is 0 Å². The van der Waals surface area contributed by atoms with Crippen molar-refractivity contribution in [3.05, 3.63) is 0 Å². The van der Waals surface area contributed by atoms with Crippen LogP contribution in [0, 0.1) is 0 Å². The Hall–Kier alpha value is -3.76. The van der Waals surface area contributed by atoms with Crippen molar-refractivity contribution in [3.63, 3.8) is 0 Å². The van der Waals surface area contributed by atoms with E-state index < -0.39 is 353 Å². The largest absolute Gasteiger partial charge is 0.394 e. The summed E-state index contributed by atoms with van der Waals surface area (Å²) in [5, 5.41) is 277. The highest BCUT2D eigenvalue weighted by atomic mass is 16.8. The highest BCUT2D eigenvalue weighted by molar-refractivity contribution is 5.74. The van der Waals surface area contributed by atoms with Crippen molar-refractivity contribution in [3.8, 4) is 0 Å². The number of carbonyl (C=O) groups is 4. The number of aliphatic hydroxyl groups is 24. The van der Waals surface area contributed by atoms with E-state index in [0.717, 1.165) is 27.7 Å². The van der Waals surface area contributed by atoms with Crippen LogP contribution in [0.25, 0.3) is 0 Å². The number of amides is 4. The first-order valence-corrected chi connectivity index (χ1v) is 35.5. The van der Waals surface area contributed by atoms with Gasteiger partial charge in [-0.1, -0.05) is 0 Å². The van der Waals surface area contributed by atoms with Crippen molar-refractivity contribution in [2.24, 2.45) is 0 Å². The van der Waals surface area contributed by atoms with Crippen molar-refractivity contribution < 1.29 is 222 Å². The Kier molecular flexibility index (Phi) is 32.6. The Bertz CT molecular complexity index is 2950. The molecule has 0 aliphatic carbocycles. The quantitative estimate of drug-likeness (QED) is 0.0346. The lowest BCUT2D eigenvalue weighted by Gasteiger charge is -2.52. The fourth-order valence-corrected chi connectivity index (χ4v) is 14.4. The van der Waals surface area contributed by atoms with Crippen LogP contribution in [0.3, 0.4) is 0 Å². The first-order valence-electron chi connectivity index (χ1n) is 35.5. The Morgan fingerprint density at radius 1 is 0.252 bits per heavy atom. The summed E-state index contributed by atoms with van der Waals surface area (Å²) in [7, 11) is 0. The lowest BCUT2D eigenvalue weighted by Crippen LogP contribution is -2.72. The predicted octanol–water partition coefficient (Wildman–Crippen LogP) is -19.0. The Morgan fingerprint density at radius 2 is 0.568 bits per heavy atom. The summed E-state index contributed by atoms with van der Waals surface area (Å²) in [4.78, 5) is 51.2. The molecule has 0 unspecified atom stereocenters. The van der Waals surface area contributed by atoms with Gasteiger partial charge in [-0.3, -0.25) is 19.2 Å². The van der Waals surface area contributed by atoms with E-state index in [4.69, 9.17) is 80.5 Å². The lowest BCUT2D eigenvalue weighted by molar-refractivity contribution is -0.401. The van der Waals surface area contributed by atoms with Gasteiger partial charge >= 0.3 is 0 Å². The Balaban J connectivity index is 1.08. The average molecular weight is 1630 g/mol. The molecule has 49 nitrogen and oxygen atoms in total. The monoisotopic (exact) mass is 1620 g/mol. The molecule has 0 aromatic heterocycles. The summed E-state index contributed by atoms with van der Waals surface area (Å²) >= 11 is 0. The van der Waals surface area contributed by atoms with Crippen LogP contribution in [0.4, 0.5) is 0 Å². The van der Waals surface area contributed by atoms with Gasteiger partial charge in [0.15, 0.2) is 56.6 Å². The molecular formula is C62H104N4O45. The number of rotatable bonds is 28. The zero-order valence-electron chi connectivity index (χ0n) is 59.9. The molecule has 9 saturated heterocycles. The van der Waals surface area contributed by atoms with Crippen molar-refractivity contribution in [2.45, 2.75) is 311 Å². The first-order chi connectivity index (χ1) is 52.5. The fourth-order valence-electron chi connectivity index (χ4n) is 14.4. The maximum atomic E-state index is 13.5. The summed E-state index contributed by atoms with van der Waals surface area (Å²) in [6.07, 6.45) is -84.7. The van der Waals surface area contributed by atoms with E-state index in [1.807, 2.05) is 0 Å². The standard InChI is InChI=1S/C62H104N4O45/c1-14-31(78)40(87)43(90)59(96-14)108-50-30(66-18(5)77)57(103-25(12-73)49(50)107-55-28(64-16(3)75)37(84)32(79)19(6-67)98-55)111-53-42(89)34(81)21(8-69)101-62(53)110-52-36(83)26(13-95-58-45(92)51(35(82)22(9-70)99-58)109-60-44(91)41(88)33(80)20(7-68)100-60)104-61(46(52)93)106-48-24(11-72)102-56(29(39(48)86)65-17(4)76)105-47-23(10-71)97-54(94)27(38(47)85)63-15(2)74/h14,19-62,67-73,78-94H,6-13H2,1-5H3,(H,63,74)(H,64,75)(H,65,76)(H,66,77)/t14-,19+,20+,21+,22+,23+,24+,25+,26+,27+,28+,29+,30+,31+,32-,33+,34+,35+,36+,37+,38+,39+,40+,41-,42-,43-,44-,45-,46-,47+,48+,49+,50+,51-,52-,53-,54+,55-,56-,57-,58-,59-,60+,61-,62+/m0/s1. The molecule has 0 spiro atoms. The van der Waals surface area contributed by atoms with Gasteiger partial charge in [0.25, 0.3) is 0 Å². The molecule has 4 amide bonds. The van der Waals surface area contributed by atoms with E-state index in [9.17, 15) is 142 Å². The molecule has 0 aromatic carbocycles. The van der Waals surface area contributed by atoms with Crippen LogP contribution in [0.5, 0.6) is 0 Å². The zero-order valence-corrected chi connectivity index (χ0v) is 59.9. The second-order valence-electron chi connectivity index (χ2n) is 28.1. The molecule has 9 rings (SSSR count). The minimum atomic E-state index is -2.57. The van der Waals surface area contributed by atoms with Gasteiger partial charge in [0, 0.05) is 27.7 Å². The minimum absolute atomic E-state index is 0.783. The third kappa shape index (κ3) is 20.2. The normalized spacial score (nSPS) is 49.3. The second-order valence-corrected chi connectivity index (χ2v) is 28.1. The second kappa shape index (κ2) is 39.7. The van der Waals surface area contributed by atoms with Gasteiger partial charge in [-0.2, -0.15) is 0 Å². The maximum absolute atomic E-state index is 13.5. The van der Waals surface area contributed by atoms with E-state index in [1.165, 1.54) is 6.92 Å². The third-order valence-electron chi connectivity index (χ3n) is 20.3. The summed E-state index contributed by atoms with van der Waals surface area (Å²) in [6.45, 7) is -3.68. The van der Waals surface area contributed by atoms with E-state index in [-0.39, 0.29) is 0 Å². The number of hydrogen-bond acceptors (Lipinski definition) is 45. The Labute approximate surface area is 629 Å². The number of aliphatic hydroxyl groups excluding tert-OH is 24. The van der Waals surface area contributed by atoms with Gasteiger partial charge in [0.2, 0.25) is 23.6 Å². The van der Waals surface area contributed by atoms with Crippen LogP contribution >= 0.6 is 0 Å². The highest BCUT2D eigenvalue weighted by Crippen LogP contribution is 2.40. The molecular weight excluding hydrogens is 1520 g/mol. The van der Waals surface area contributed by atoms with Gasteiger partial charge in [-0.05, 0) is 6.92 Å². The molecule has 0 bridgehead atoms. The van der Waals surface area contributed by atoms with Gasteiger partial charge in [0.05, 0.1) is 59.0 Å². The van der Waals surface area contributed by atoms with E-state index >= 15 is 0 Å². The van der Waals surface area contributed by atoms with Crippen LogP contribution in [0.1, 0.15) is 34.6 Å². The molecule has 9 fully saturated rings. The summed E-state index contributed by atoms with van der Waals surface area (Å²) in [5.41, 5.74) is 0. The van der Waals surface area contributed by atoms with Crippen LogP contribution in [-0.2, 0) is 99.7 Å². The highest BCUT2D eigenvalue weighted by Gasteiger charge is 2.61. The predicted molar refractivity (Wildman–Crippen MR) is 342 cm³/mol. The molecule has 49 heteroatoms. The lowest BCUT2D eigenvalue weighted by atomic mass is 9.93. The average Bonchev–Trinajstić information content (AvgIpc) is 0.760. The summed E-state index contributed by atoms with van der Waals surface area (Å²) < 4.78 is 102. The molecule has 0 radical (unpaired) electrons. The maximum Gasteiger partial charge on any atom is 0.217 e. The number of carbonyl (C=O) groups excluding carboxylic acids is 4. The van der Waals surface area contributed by atoms with Crippen LogP contribution in [0.15, 0.2) is 0 Å². The van der Waals surface area contributed by atoms with E-state index in [0.29, 0.717) is 0 Å². The summed E-state index contributed by atoms with van der Waals surface area (Å²) in [6, 6.07) is -7.35. The van der Waals surface area contributed by atoms with Crippen LogP contribution < -0.4 is 21.3 Å². The van der Waals surface area contributed by atoms with Gasteiger partial charge in [-0.15, -0.1) is 0 Å². The van der Waals surface area contributed by atoms with Crippen LogP contribution in [0.2, 0.25) is 0 Å². The molecule has 9 heterocycles.